The van der Waals surface area contributed by atoms with Crippen LogP contribution in [-0.2, 0) is 17.8 Å². The van der Waals surface area contributed by atoms with Crippen LogP contribution in [0.5, 0.6) is 0 Å². The van der Waals surface area contributed by atoms with Crippen LogP contribution in [0.1, 0.15) is 0 Å². The van der Waals surface area contributed by atoms with Crippen LogP contribution in [0.25, 0.3) is 11.2 Å². The van der Waals surface area contributed by atoms with Crippen LogP contribution in [-0.4, -0.2) is 24.3 Å². The average Bonchev–Trinajstić information content (AvgIpc) is 2.57. The summed E-state index contributed by atoms with van der Waals surface area (Å²) in [7, 11) is -1.39. The second-order valence-corrected chi connectivity index (χ2v) is 4.56. The van der Waals surface area contributed by atoms with E-state index < -0.39 is 21.2 Å². The first-order chi connectivity index (χ1) is 7.39. The fourth-order valence-electron chi connectivity index (χ4n) is 1.23. The zero-order valence-corrected chi connectivity index (χ0v) is 8.84. The van der Waals surface area contributed by atoms with Gasteiger partial charge in [0.15, 0.2) is 16.4 Å². The molecule has 1 unspecified atom stereocenters. The molecule has 0 amide bonds. The summed E-state index contributed by atoms with van der Waals surface area (Å²) >= 11 is 0. The number of alkyl halides is 3. The highest BCUT2D eigenvalue weighted by Gasteiger charge is 2.38. The number of hydrogen-bond donors (Lipinski definition) is 0. The van der Waals surface area contributed by atoms with Gasteiger partial charge in [-0.3, -0.25) is 0 Å². The van der Waals surface area contributed by atoms with E-state index in [1.807, 2.05) is 0 Å². The van der Waals surface area contributed by atoms with Gasteiger partial charge >= 0.3 is 5.51 Å². The molecule has 0 aliphatic rings. The highest BCUT2D eigenvalue weighted by Crippen LogP contribution is 2.26. The molecule has 1 atom stereocenters. The lowest BCUT2D eigenvalue weighted by Gasteiger charge is -2.05. The maximum Gasteiger partial charge on any atom is 0.475 e. The molecular weight excluding hydrogens is 243 g/mol. The van der Waals surface area contributed by atoms with E-state index in [0.29, 0.717) is 5.65 Å². The monoisotopic (exact) mass is 249 g/mol. The standard InChI is InChI=1S/C8H6F3N3OS/c1-14-4-13-6-2-5(3-12-7(6)14)16(15)8(9,10)11/h2-4H,1H3. The minimum absolute atomic E-state index is 0.289. The summed E-state index contributed by atoms with van der Waals surface area (Å²) < 4.78 is 49.2. The molecule has 4 nitrogen and oxygen atoms in total. The van der Waals surface area contributed by atoms with Crippen molar-refractivity contribution in [1.29, 1.82) is 0 Å². The number of hydrogen-bond acceptors (Lipinski definition) is 3. The third kappa shape index (κ3) is 1.80. The lowest BCUT2D eigenvalue weighted by atomic mass is 10.4. The van der Waals surface area contributed by atoms with Gasteiger partial charge in [0.2, 0.25) is 0 Å². The number of aromatic nitrogens is 3. The number of aryl methyl sites for hydroxylation is 1. The number of imidazole rings is 1. The molecule has 2 aromatic rings. The summed E-state index contributed by atoms with van der Waals surface area (Å²) in [6.45, 7) is 0. The van der Waals surface area contributed by atoms with Gasteiger partial charge < -0.3 is 4.57 Å². The first-order valence-electron chi connectivity index (χ1n) is 4.15. The Morgan fingerprint density at radius 1 is 1.38 bits per heavy atom. The van der Waals surface area contributed by atoms with Crippen LogP contribution in [0.3, 0.4) is 0 Å². The topological polar surface area (TPSA) is 47.8 Å². The zero-order chi connectivity index (χ0) is 11.9. The number of nitrogens with zero attached hydrogens (tertiary/aromatic N) is 3. The predicted molar refractivity (Wildman–Crippen MR) is 51.0 cm³/mol. The van der Waals surface area contributed by atoms with E-state index in [-0.39, 0.29) is 5.52 Å². The highest BCUT2D eigenvalue weighted by molar-refractivity contribution is 7.86. The normalized spacial score (nSPS) is 14.2. The Hall–Kier alpha value is -1.44. The number of rotatable bonds is 1. The van der Waals surface area contributed by atoms with Crippen molar-refractivity contribution in [2.24, 2.45) is 7.05 Å². The summed E-state index contributed by atoms with van der Waals surface area (Å²) in [6, 6.07) is 1.13. The molecule has 0 spiro atoms. The Morgan fingerprint density at radius 3 is 2.69 bits per heavy atom. The van der Waals surface area contributed by atoms with Crippen LogP contribution in [0, 0.1) is 0 Å². The van der Waals surface area contributed by atoms with Crippen molar-refractivity contribution in [3.8, 4) is 0 Å². The molecule has 2 heterocycles. The summed E-state index contributed by atoms with van der Waals surface area (Å²) in [6.07, 6.45) is 2.38. The zero-order valence-electron chi connectivity index (χ0n) is 8.02. The molecular formula is C8H6F3N3OS. The van der Waals surface area contributed by atoms with Crippen molar-refractivity contribution in [2.45, 2.75) is 10.4 Å². The van der Waals surface area contributed by atoms with Crippen LogP contribution in [0.4, 0.5) is 13.2 Å². The van der Waals surface area contributed by atoms with Gasteiger partial charge in [-0.1, -0.05) is 0 Å². The van der Waals surface area contributed by atoms with Crippen molar-refractivity contribution < 1.29 is 17.4 Å². The van der Waals surface area contributed by atoms with Gasteiger partial charge in [-0.15, -0.1) is 0 Å². The molecule has 0 bridgehead atoms. The third-order valence-corrected chi connectivity index (χ3v) is 3.02. The lowest BCUT2D eigenvalue weighted by molar-refractivity contribution is -0.0384. The van der Waals surface area contributed by atoms with E-state index in [0.717, 1.165) is 12.3 Å². The number of fused-ring (bicyclic) bond motifs is 1. The molecule has 0 radical (unpaired) electrons. The molecule has 0 aromatic carbocycles. The highest BCUT2D eigenvalue weighted by atomic mass is 32.2. The van der Waals surface area contributed by atoms with Crippen molar-refractivity contribution in [2.75, 3.05) is 0 Å². The molecule has 86 valence electrons. The average molecular weight is 249 g/mol. The fourth-order valence-corrected chi connectivity index (χ4v) is 1.87. The van der Waals surface area contributed by atoms with Gasteiger partial charge in [-0.25, -0.2) is 14.2 Å². The van der Waals surface area contributed by atoms with E-state index in [1.165, 1.54) is 6.33 Å². The van der Waals surface area contributed by atoms with E-state index in [9.17, 15) is 17.4 Å². The van der Waals surface area contributed by atoms with Gasteiger partial charge in [0.1, 0.15) is 5.52 Å². The summed E-state index contributed by atoms with van der Waals surface area (Å²) in [5, 5.41) is 0. The molecule has 2 rings (SSSR count). The van der Waals surface area contributed by atoms with Crippen molar-refractivity contribution in [3.05, 3.63) is 18.6 Å². The Kier molecular flexibility index (Phi) is 2.45. The molecule has 0 aliphatic heterocycles. The summed E-state index contributed by atoms with van der Waals surface area (Å²) in [5.41, 5.74) is -4.04. The first-order valence-corrected chi connectivity index (χ1v) is 5.30. The molecule has 0 aliphatic carbocycles. The van der Waals surface area contributed by atoms with E-state index in [2.05, 4.69) is 9.97 Å². The molecule has 16 heavy (non-hydrogen) atoms. The quantitative estimate of drug-likeness (QED) is 0.771. The Labute approximate surface area is 90.6 Å². The van der Waals surface area contributed by atoms with Crippen molar-refractivity contribution in [3.63, 3.8) is 0 Å². The molecule has 0 saturated carbocycles. The van der Waals surface area contributed by atoms with Gasteiger partial charge in [-0.2, -0.15) is 13.2 Å². The maximum absolute atomic E-state index is 12.2. The van der Waals surface area contributed by atoms with E-state index in [4.69, 9.17) is 0 Å². The smallest absolute Gasteiger partial charge is 0.318 e. The van der Waals surface area contributed by atoms with Crippen LogP contribution < -0.4 is 0 Å². The van der Waals surface area contributed by atoms with Gasteiger partial charge in [-0.05, 0) is 6.07 Å². The Morgan fingerprint density at radius 2 is 2.06 bits per heavy atom. The second kappa shape index (κ2) is 3.55. The summed E-state index contributed by atoms with van der Waals surface area (Å²) in [5.74, 6) is 0. The molecule has 0 fully saturated rings. The third-order valence-electron chi connectivity index (χ3n) is 1.95. The van der Waals surface area contributed by atoms with Crippen LogP contribution >= 0.6 is 0 Å². The summed E-state index contributed by atoms with van der Waals surface area (Å²) in [4.78, 5) is 7.23. The predicted octanol–water partition coefficient (Wildman–Crippen LogP) is 1.60. The second-order valence-electron chi connectivity index (χ2n) is 3.08. The van der Waals surface area contributed by atoms with Gasteiger partial charge in [0.25, 0.3) is 0 Å². The molecule has 2 aromatic heterocycles. The Balaban J connectivity index is 2.52. The minimum atomic E-state index is -4.77. The van der Waals surface area contributed by atoms with Gasteiger partial charge in [0.05, 0.1) is 11.2 Å². The number of halogens is 3. The Bertz CT molecular complexity index is 563. The van der Waals surface area contributed by atoms with Crippen molar-refractivity contribution >= 4 is 22.0 Å². The maximum atomic E-state index is 12.2. The lowest BCUT2D eigenvalue weighted by Crippen LogP contribution is -2.16. The number of pyridine rings is 1. The van der Waals surface area contributed by atoms with Crippen LogP contribution in [0.15, 0.2) is 23.5 Å². The van der Waals surface area contributed by atoms with Gasteiger partial charge in [0, 0.05) is 13.2 Å². The molecule has 8 heteroatoms. The van der Waals surface area contributed by atoms with E-state index in [1.54, 1.807) is 11.6 Å². The van der Waals surface area contributed by atoms with E-state index >= 15 is 0 Å². The largest absolute Gasteiger partial charge is 0.475 e. The van der Waals surface area contributed by atoms with Crippen molar-refractivity contribution in [1.82, 2.24) is 14.5 Å². The minimum Gasteiger partial charge on any atom is -0.318 e. The van der Waals surface area contributed by atoms with Crippen LogP contribution in [0.2, 0.25) is 0 Å². The molecule has 0 N–H and O–H groups in total. The SMILES string of the molecule is Cn1cnc2cc(S(=O)C(F)(F)F)cnc21. The first kappa shape index (κ1) is 11.1. The fraction of sp³-hybridized carbons (Fsp3) is 0.250. The molecule has 0 saturated heterocycles.